The van der Waals surface area contributed by atoms with Gasteiger partial charge in [0.15, 0.2) is 0 Å². The van der Waals surface area contributed by atoms with Crippen LogP contribution in [0.2, 0.25) is 0 Å². The van der Waals surface area contributed by atoms with Gasteiger partial charge >= 0.3 is 0 Å². The van der Waals surface area contributed by atoms with E-state index in [1.54, 1.807) is 26.1 Å². The van der Waals surface area contributed by atoms with Crippen LogP contribution in [0.5, 0.6) is 0 Å². The third-order valence-electron chi connectivity index (χ3n) is 1.94. The Morgan fingerprint density at radius 1 is 1.53 bits per heavy atom. The van der Waals surface area contributed by atoms with Crippen molar-refractivity contribution < 1.29 is 9.18 Å². The second-order valence-electron chi connectivity index (χ2n) is 3.10. The van der Waals surface area contributed by atoms with Crippen molar-refractivity contribution in [3.63, 3.8) is 0 Å². The zero-order valence-electron chi connectivity index (χ0n) is 8.47. The topological polar surface area (TPSA) is 41.1 Å². The molecule has 1 atom stereocenters. The quantitative estimate of drug-likeness (QED) is 0.887. The molecule has 15 heavy (non-hydrogen) atoms. The molecule has 0 aliphatic heterocycles. The molecule has 0 aliphatic carbocycles. The van der Waals surface area contributed by atoms with E-state index in [-0.39, 0.29) is 11.7 Å². The molecule has 5 heteroatoms. The molecule has 0 radical (unpaired) electrons. The Labute approximate surface area is 96.2 Å². The minimum absolute atomic E-state index is 0.183. The molecular weight excluding hydrogens is 263 g/mol. The van der Waals surface area contributed by atoms with Crippen LogP contribution in [0.3, 0.4) is 0 Å². The third-order valence-corrected chi connectivity index (χ3v) is 2.44. The van der Waals surface area contributed by atoms with Gasteiger partial charge in [0, 0.05) is 11.5 Å². The smallest absolute Gasteiger partial charge is 0.241 e. The lowest BCUT2D eigenvalue weighted by molar-refractivity contribution is -0.121. The summed E-state index contributed by atoms with van der Waals surface area (Å²) in [7, 11) is 1.54. The summed E-state index contributed by atoms with van der Waals surface area (Å²) in [6.07, 6.45) is 0. The van der Waals surface area contributed by atoms with E-state index in [4.69, 9.17) is 0 Å². The molecule has 3 nitrogen and oxygen atoms in total. The highest BCUT2D eigenvalue weighted by Gasteiger charge is 2.12. The molecule has 0 bridgehead atoms. The number of carbonyl (C=O) groups excluding carboxylic acids is 1. The van der Waals surface area contributed by atoms with Crippen LogP contribution in [0, 0.1) is 5.82 Å². The fourth-order valence-corrected chi connectivity index (χ4v) is 1.45. The number of likely N-dealkylation sites (N-methyl/N-ethyl adjacent to an activating group) is 1. The predicted molar refractivity (Wildman–Crippen MR) is 61.3 cm³/mol. The van der Waals surface area contributed by atoms with E-state index in [1.807, 2.05) is 0 Å². The fourth-order valence-electron chi connectivity index (χ4n) is 1.12. The maximum Gasteiger partial charge on any atom is 0.241 e. The molecular formula is C10H12BrFN2O. The largest absolute Gasteiger partial charge is 0.372 e. The van der Waals surface area contributed by atoms with Crippen molar-refractivity contribution in [2.75, 3.05) is 12.4 Å². The Kier molecular flexibility index (Phi) is 4.08. The fraction of sp³-hybridized carbons (Fsp3) is 0.300. The van der Waals surface area contributed by atoms with Crippen LogP contribution in [0.4, 0.5) is 10.1 Å². The van der Waals surface area contributed by atoms with Crippen LogP contribution in [0.1, 0.15) is 6.92 Å². The molecule has 1 amide bonds. The summed E-state index contributed by atoms with van der Waals surface area (Å²) in [6.45, 7) is 1.67. The predicted octanol–water partition coefficient (Wildman–Crippen LogP) is 2.13. The van der Waals surface area contributed by atoms with Crippen LogP contribution in [-0.4, -0.2) is 19.0 Å². The van der Waals surface area contributed by atoms with Crippen LogP contribution in [0.25, 0.3) is 0 Å². The highest BCUT2D eigenvalue weighted by atomic mass is 79.9. The third kappa shape index (κ3) is 3.20. The van der Waals surface area contributed by atoms with Crippen LogP contribution < -0.4 is 10.6 Å². The van der Waals surface area contributed by atoms with E-state index in [2.05, 4.69) is 26.6 Å². The van der Waals surface area contributed by atoms with Crippen LogP contribution in [0.15, 0.2) is 22.7 Å². The Morgan fingerprint density at radius 3 is 2.73 bits per heavy atom. The summed E-state index contributed by atoms with van der Waals surface area (Å²) in [4.78, 5) is 11.2. The number of halogens is 2. The van der Waals surface area contributed by atoms with Crippen LogP contribution in [-0.2, 0) is 4.79 Å². The maximum absolute atomic E-state index is 13.4. The first kappa shape index (κ1) is 12.0. The minimum Gasteiger partial charge on any atom is -0.372 e. The standard InChI is InChI=1S/C10H12BrFN2O/c1-6(10(15)13-2)14-9-4-3-7(11)5-8(9)12/h3-6,14H,1-2H3,(H,13,15). The summed E-state index contributed by atoms with van der Waals surface area (Å²) in [6, 6.07) is 4.17. The summed E-state index contributed by atoms with van der Waals surface area (Å²) in [5.41, 5.74) is 0.314. The molecule has 0 aliphatic rings. The molecule has 0 spiro atoms. The lowest BCUT2D eigenvalue weighted by atomic mass is 10.2. The summed E-state index contributed by atoms with van der Waals surface area (Å²) in [5.74, 6) is -0.572. The first-order valence-electron chi connectivity index (χ1n) is 4.47. The van der Waals surface area contributed by atoms with Gasteiger partial charge < -0.3 is 10.6 Å². The van der Waals surface area contributed by atoms with E-state index in [0.29, 0.717) is 10.2 Å². The van der Waals surface area contributed by atoms with Gasteiger partial charge in [-0.3, -0.25) is 4.79 Å². The van der Waals surface area contributed by atoms with E-state index in [0.717, 1.165) is 0 Å². The Morgan fingerprint density at radius 2 is 2.20 bits per heavy atom. The van der Waals surface area contributed by atoms with Crippen molar-refractivity contribution in [2.45, 2.75) is 13.0 Å². The van der Waals surface area contributed by atoms with Gasteiger partial charge in [-0.25, -0.2) is 4.39 Å². The summed E-state index contributed by atoms with van der Waals surface area (Å²) in [5, 5.41) is 5.26. The van der Waals surface area contributed by atoms with Crippen molar-refractivity contribution in [3.8, 4) is 0 Å². The lowest BCUT2D eigenvalue weighted by Gasteiger charge is -2.14. The molecule has 0 aromatic heterocycles. The molecule has 1 aromatic rings. The number of carbonyl (C=O) groups is 1. The van der Waals surface area contributed by atoms with Gasteiger partial charge in [0.25, 0.3) is 0 Å². The highest BCUT2D eigenvalue weighted by Crippen LogP contribution is 2.19. The van der Waals surface area contributed by atoms with Gasteiger partial charge in [-0.15, -0.1) is 0 Å². The molecule has 2 N–H and O–H groups in total. The summed E-state index contributed by atoms with van der Waals surface area (Å²) < 4.78 is 14.0. The molecule has 0 fully saturated rings. The van der Waals surface area contributed by atoms with Gasteiger partial charge in [0.2, 0.25) is 5.91 Å². The van der Waals surface area contributed by atoms with Gasteiger partial charge in [-0.2, -0.15) is 0 Å². The van der Waals surface area contributed by atoms with Gasteiger partial charge in [-0.1, -0.05) is 15.9 Å². The summed E-state index contributed by atoms with van der Waals surface area (Å²) >= 11 is 3.16. The number of nitrogens with one attached hydrogen (secondary N) is 2. The van der Waals surface area contributed by atoms with Gasteiger partial charge in [-0.05, 0) is 25.1 Å². The van der Waals surface area contributed by atoms with Crippen LogP contribution >= 0.6 is 15.9 Å². The number of anilines is 1. The first-order chi connectivity index (χ1) is 7.04. The first-order valence-corrected chi connectivity index (χ1v) is 5.27. The van der Waals surface area contributed by atoms with Crippen molar-refractivity contribution in [3.05, 3.63) is 28.5 Å². The Bertz CT molecular complexity index is 370. The number of hydrogen-bond acceptors (Lipinski definition) is 2. The van der Waals surface area contributed by atoms with E-state index in [9.17, 15) is 9.18 Å². The zero-order valence-corrected chi connectivity index (χ0v) is 10.1. The van der Waals surface area contributed by atoms with E-state index in [1.165, 1.54) is 6.07 Å². The monoisotopic (exact) mass is 274 g/mol. The molecule has 0 saturated carbocycles. The Balaban J connectivity index is 2.76. The van der Waals surface area contributed by atoms with Gasteiger partial charge in [0.1, 0.15) is 11.9 Å². The molecule has 1 aromatic carbocycles. The maximum atomic E-state index is 13.4. The molecule has 0 saturated heterocycles. The molecule has 1 rings (SSSR count). The number of rotatable bonds is 3. The zero-order chi connectivity index (χ0) is 11.4. The minimum atomic E-state index is -0.467. The number of amides is 1. The number of benzene rings is 1. The van der Waals surface area contributed by atoms with Crippen molar-refractivity contribution >= 4 is 27.5 Å². The Hall–Kier alpha value is -1.10. The number of hydrogen-bond donors (Lipinski definition) is 2. The molecule has 82 valence electrons. The van der Waals surface area contributed by atoms with Crippen molar-refractivity contribution in [2.24, 2.45) is 0 Å². The van der Waals surface area contributed by atoms with Crippen molar-refractivity contribution in [1.29, 1.82) is 0 Å². The SMILES string of the molecule is CNC(=O)C(C)Nc1ccc(Br)cc1F. The normalized spacial score (nSPS) is 12.0. The van der Waals surface area contributed by atoms with Crippen molar-refractivity contribution in [1.82, 2.24) is 5.32 Å². The second kappa shape index (κ2) is 5.11. The second-order valence-corrected chi connectivity index (χ2v) is 4.02. The van der Waals surface area contributed by atoms with E-state index >= 15 is 0 Å². The highest BCUT2D eigenvalue weighted by molar-refractivity contribution is 9.10. The van der Waals surface area contributed by atoms with Gasteiger partial charge in [0.05, 0.1) is 5.69 Å². The lowest BCUT2D eigenvalue weighted by Crippen LogP contribution is -2.35. The molecule has 0 heterocycles. The average Bonchev–Trinajstić information content (AvgIpc) is 2.20. The molecule has 1 unspecified atom stereocenters. The van der Waals surface area contributed by atoms with E-state index < -0.39 is 6.04 Å². The average molecular weight is 275 g/mol.